The predicted molar refractivity (Wildman–Crippen MR) is 253 cm³/mol. The molecule has 1 fully saturated rings. The van der Waals surface area contributed by atoms with Gasteiger partial charge in [-0.1, -0.05) is 111 Å². The highest BCUT2D eigenvalue weighted by Gasteiger charge is 2.33. The van der Waals surface area contributed by atoms with Crippen molar-refractivity contribution < 1.29 is 56.5 Å². The molecule has 0 saturated carbocycles. The highest BCUT2D eigenvalue weighted by atomic mass is 33.1. The van der Waals surface area contributed by atoms with Gasteiger partial charge in [0.2, 0.25) is 23.6 Å². The van der Waals surface area contributed by atoms with E-state index in [0.29, 0.717) is 30.8 Å². The van der Waals surface area contributed by atoms with Gasteiger partial charge in [-0.15, -0.1) is 0 Å². The fourth-order valence-electron chi connectivity index (χ4n) is 7.41. The van der Waals surface area contributed by atoms with E-state index in [0.717, 1.165) is 50.5 Å². The molecule has 4 amide bonds. The van der Waals surface area contributed by atoms with Crippen molar-refractivity contribution in [2.75, 3.05) is 18.1 Å². The van der Waals surface area contributed by atoms with E-state index in [4.69, 9.17) is 16.6 Å². The monoisotopic (exact) mass is 940 g/mol. The summed E-state index contributed by atoms with van der Waals surface area (Å²) < 4.78 is 0. The van der Waals surface area contributed by atoms with Crippen LogP contribution in [0.25, 0.3) is 0 Å². The summed E-state index contributed by atoms with van der Waals surface area (Å²) in [4.78, 5) is 98.8. The first kappa shape index (κ1) is 56.0. The lowest BCUT2D eigenvalue weighted by Gasteiger charge is -2.25. The molecule has 1 aromatic carbocycles. The van der Waals surface area contributed by atoms with Crippen LogP contribution in [0.3, 0.4) is 0 Å². The second-order valence-corrected chi connectivity index (χ2v) is 19.5. The number of ketones is 2. The van der Waals surface area contributed by atoms with E-state index in [1.54, 1.807) is 12.1 Å². The number of carbonyl (C=O) groups is 8. The molecule has 1 saturated heterocycles. The molecule has 64 heavy (non-hydrogen) atoms. The third-order valence-electron chi connectivity index (χ3n) is 11.4. The molecule has 1 aliphatic rings. The molecule has 1 aromatic rings. The van der Waals surface area contributed by atoms with E-state index < -0.39 is 53.7 Å². The number of hydrogen-bond donors (Lipinski definition) is 8. The standard InChI is InChI=1S/C46H73N5O11S2.2H2/c47-36(45(60)51-38-31-64-63-30-34(29-40(38)54)39(53)28-33(44(48)59)27-32-20-22-35(52)23-21-32)17-15-16-26-49-41(55)25-24-37(46(61)62)50-42(56)18-13-11-9-7-5-3-1-2-4-6-8-10-12-14-19-43(57)58;;/h20-23,33-34,36-38,52H,1-19,24-31,47H2,(H2,48,59)(H,49,55)(H,50,56)(H,51,60)(H,57,58)(H,61,62);2*1H/t33-,34+,36+,37?,38+;;/m1../s1. The number of hydrogen-bond acceptors (Lipinski definition) is 12. The maximum absolute atomic E-state index is 13.3. The predicted octanol–water partition coefficient (Wildman–Crippen LogP) is 6.23. The van der Waals surface area contributed by atoms with E-state index in [-0.39, 0.29) is 89.9 Å². The molecule has 0 aliphatic carbocycles. The molecule has 10 N–H and O–H groups in total. The molecule has 5 atom stereocenters. The van der Waals surface area contributed by atoms with Crippen molar-refractivity contribution in [3.05, 3.63) is 29.8 Å². The van der Waals surface area contributed by atoms with Crippen LogP contribution in [0, 0.1) is 11.8 Å². The Bertz CT molecular complexity index is 1630. The van der Waals surface area contributed by atoms with Crippen LogP contribution in [0.2, 0.25) is 0 Å². The minimum atomic E-state index is -1.20. The first-order valence-electron chi connectivity index (χ1n) is 23.1. The smallest absolute Gasteiger partial charge is 0.326 e. The van der Waals surface area contributed by atoms with Gasteiger partial charge in [-0.05, 0) is 62.6 Å². The van der Waals surface area contributed by atoms with Crippen LogP contribution in [0.1, 0.15) is 156 Å². The largest absolute Gasteiger partial charge is 0.508 e. The lowest BCUT2D eigenvalue weighted by molar-refractivity contribution is -0.142. The van der Waals surface area contributed by atoms with Crippen molar-refractivity contribution in [2.24, 2.45) is 23.3 Å². The molecule has 0 spiro atoms. The Balaban J connectivity index is 0.0000211. The molecule has 2 rings (SSSR count). The van der Waals surface area contributed by atoms with Gasteiger partial charge >= 0.3 is 11.9 Å². The van der Waals surface area contributed by atoms with Gasteiger partial charge in [0, 0.05) is 64.8 Å². The summed E-state index contributed by atoms with van der Waals surface area (Å²) in [5, 5.41) is 35.8. The summed E-state index contributed by atoms with van der Waals surface area (Å²) in [6, 6.07) is 3.36. The Morgan fingerprint density at radius 3 is 1.84 bits per heavy atom. The van der Waals surface area contributed by atoms with Gasteiger partial charge in [-0.25, -0.2) is 4.79 Å². The third kappa shape index (κ3) is 26.0. The molecule has 18 heteroatoms. The van der Waals surface area contributed by atoms with Gasteiger partial charge in [-0.3, -0.25) is 33.6 Å². The number of nitrogens with one attached hydrogen (secondary N) is 3. The van der Waals surface area contributed by atoms with Crippen molar-refractivity contribution in [3.63, 3.8) is 0 Å². The van der Waals surface area contributed by atoms with Crippen LogP contribution < -0.4 is 27.4 Å². The average Bonchev–Trinajstić information content (AvgIpc) is 3.24. The van der Waals surface area contributed by atoms with E-state index in [1.807, 2.05) is 0 Å². The highest BCUT2D eigenvalue weighted by Crippen LogP contribution is 2.31. The molecule has 364 valence electrons. The fraction of sp³-hybridized carbons (Fsp3) is 0.696. The summed E-state index contributed by atoms with van der Waals surface area (Å²) in [6.45, 7) is 0.284. The number of aromatic hydroxyl groups is 1. The van der Waals surface area contributed by atoms with Gasteiger partial charge in [0.1, 0.15) is 17.6 Å². The Labute approximate surface area is 389 Å². The molecule has 1 aliphatic heterocycles. The topological polar surface area (TPSA) is 285 Å². The van der Waals surface area contributed by atoms with Crippen LogP contribution in [-0.2, 0) is 44.8 Å². The van der Waals surface area contributed by atoms with Crippen LogP contribution in [0.5, 0.6) is 5.75 Å². The Morgan fingerprint density at radius 1 is 0.719 bits per heavy atom. The van der Waals surface area contributed by atoms with Crippen molar-refractivity contribution in [2.45, 2.75) is 172 Å². The van der Waals surface area contributed by atoms with Gasteiger partial charge in [0.25, 0.3) is 0 Å². The number of unbranched alkanes of at least 4 members (excludes halogenated alkanes) is 14. The highest BCUT2D eigenvalue weighted by molar-refractivity contribution is 8.76. The van der Waals surface area contributed by atoms with Crippen molar-refractivity contribution in [1.29, 1.82) is 0 Å². The molecular formula is C46H77N5O11S2. The van der Waals surface area contributed by atoms with E-state index >= 15 is 0 Å². The molecule has 0 bridgehead atoms. The number of carbonyl (C=O) groups excluding carboxylic acids is 6. The fourth-order valence-corrected chi connectivity index (χ4v) is 9.95. The molecule has 1 unspecified atom stereocenters. The Kier molecular flexibility index (Phi) is 29.2. The number of rotatable bonds is 35. The van der Waals surface area contributed by atoms with Gasteiger partial charge < -0.3 is 42.7 Å². The number of amides is 4. The molecule has 16 nitrogen and oxygen atoms in total. The third-order valence-corrected chi connectivity index (χ3v) is 13.9. The van der Waals surface area contributed by atoms with Crippen molar-refractivity contribution in [1.82, 2.24) is 16.0 Å². The summed E-state index contributed by atoms with van der Waals surface area (Å²) in [6.07, 6.45) is 16.5. The normalized spacial score (nSPS) is 16.7. The molecular weight excluding hydrogens is 863 g/mol. The Morgan fingerprint density at radius 2 is 1.28 bits per heavy atom. The SMILES string of the molecule is NC(=O)[C@@H](CC(=O)[C@@H]1CSSC[C@H](NC(=O)[C@@H](N)CCCCNC(=O)CCC(NC(=O)CCCCCCCCCCCCCCCCC(=O)O)C(=O)O)C(=O)C1)Cc1ccc(O)cc1.[HH].[HH]. The summed E-state index contributed by atoms with van der Waals surface area (Å²) in [5.41, 5.74) is 12.5. The first-order valence-corrected chi connectivity index (χ1v) is 25.6. The quantitative estimate of drug-likeness (QED) is 0.0277. The number of Topliss-reactive ketones (excluding diaryl/α,β-unsaturated/α-hetero) is 2. The van der Waals surface area contributed by atoms with Gasteiger partial charge in [0.15, 0.2) is 5.78 Å². The van der Waals surface area contributed by atoms with Crippen LogP contribution in [0.15, 0.2) is 24.3 Å². The summed E-state index contributed by atoms with van der Waals surface area (Å²) >= 11 is 0. The molecule has 0 radical (unpaired) electrons. The maximum Gasteiger partial charge on any atom is 0.326 e. The number of carboxylic acid groups (broad SMARTS) is 2. The number of phenols is 1. The number of primary amides is 1. The van der Waals surface area contributed by atoms with E-state index in [2.05, 4.69) is 16.0 Å². The number of nitrogens with two attached hydrogens (primary N) is 2. The minimum absolute atomic E-state index is 0. The lowest BCUT2D eigenvalue weighted by atomic mass is 9.87. The van der Waals surface area contributed by atoms with E-state index in [1.165, 1.54) is 72.2 Å². The summed E-state index contributed by atoms with van der Waals surface area (Å²) in [7, 11) is 2.78. The van der Waals surface area contributed by atoms with Gasteiger partial charge in [0.05, 0.1) is 12.1 Å². The first-order chi connectivity index (χ1) is 30.7. The zero-order valence-corrected chi connectivity index (χ0v) is 39.0. The maximum atomic E-state index is 13.3. The second-order valence-electron chi connectivity index (χ2n) is 16.9. The number of aliphatic carboxylic acids is 2. The van der Waals surface area contributed by atoms with E-state index in [9.17, 15) is 48.6 Å². The van der Waals surface area contributed by atoms with Crippen LogP contribution in [-0.4, -0.2) is 98.6 Å². The number of carboxylic acids is 2. The summed E-state index contributed by atoms with van der Waals surface area (Å²) in [5.74, 6) is -5.00. The van der Waals surface area contributed by atoms with Crippen LogP contribution in [0.4, 0.5) is 0 Å². The Hall–Kier alpha value is -4.16. The number of benzene rings is 1. The van der Waals surface area contributed by atoms with Gasteiger partial charge in [-0.2, -0.15) is 0 Å². The lowest BCUT2D eigenvalue weighted by Crippen LogP contribution is -2.50. The molecule has 0 aromatic heterocycles. The van der Waals surface area contributed by atoms with Crippen molar-refractivity contribution >= 4 is 68.7 Å². The van der Waals surface area contributed by atoms with Crippen molar-refractivity contribution in [3.8, 4) is 5.75 Å². The zero-order valence-electron chi connectivity index (χ0n) is 37.4. The molecule has 1 heterocycles. The van der Waals surface area contributed by atoms with Crippen LogP contribution >= 0.6 is 21.6 Å². The number of phenolic OH excluding ortho intramolecular Hbond substituents is 1. The zero-order chi connectivity index (χ0) is 47.1. The minimum Gasteiger partial charge on any atom is -0.508 e. The second kappa shape index (κ2) is 33.3. The average molecular weight is 940 g/mol.